The van der Waals surface area contributed by atoms with Crippen LogP contribution in [0.2, 0.25) is 0 Å². The first kappa shape index (κ1) is 19.4. The number of anilines is 2. The number of carbonyl (C=O) groups is 1. The number of hydrogen-bond donors (Lipinski definition) is 2. The molecule has 1 aliphatic rings. The summed E-state index contributed by atoms with van der Waals surface area (Å²) < 4.78 is 0. The van der Waals surface area contributed by atoms with Crippen LogP contribution in [0.15, 0.2) is 42.9 Å². The minimum absolute atomic E-state index is 0.265. The first-order valence-corrected chi connectivity index (χ1v) is 10.5. The van der Waals surface area contributed by atoms with Crippen molar-refractivity contribution >= 4 is 28.3 Å². The first-order valence-electron chi connectivity index (χ1n) is 10.5. The molecule has 2 aromatic heterocycles. The number of rotatable bonds is 7. The molecule has 1 fully saturated rings. The van der Waals surface area contributed by atoms with Crippen molar-refractivity contribution in [2.45, 2.75) is 39.0 Å². The van der Waals surface area contributed by atoms with Crippen LogP contribution in [0.4, 0.5) is 11.5 Å². The number of H-pyrrole nitrogens is 1. The number of fused-ring (bicyclic) bond motifs is 1. The highest BCUT2D eigenvalue weighted by Crippen LogP contribution is 2.28. The van der Waals surface area contributed by atoms with E-state index in [4.69, 9.17) is 0 Å². The van der Waals surface area contributed by atoms with Crippen molar-refractivity contribution in [3.05, 3.63) is 48.4 Å². The third-order valence-electron chi connectivity index (χ3n) is 5.71. The predicted molar refractivity (Wildman–Crippen MR) is 117 cm³/mol. The minimum Gasteiger partial charge on any atom is -0.378 e. The van der Waals surface area contributed by atoms with Gasteiger partial charge in [0.2, 0.25) is 0 Å². The highest BCUT2D eigenvalue weighted by atomic mass is 16.1. The maximum Gasteiger partial charge on any atom is 0.152 e. The van der Waals surface area contributed by atoms with Crippen LogP contribution >= 0.6 is 0 Å². The standard InChI is InChI=1S/C23H29N5O/c1-16(2)18-6-3-7-19(12-18)25-13-20(29)11-17-5-4-10-28(14-17)23-21-8-9-24-22(21)26-15-27-23/h3,6-9,12,15-17,25H,4-5,10-11,13-14H2,1-2H3,(H,24,26,27). The number of ketones is 1. The number of aromatic amines is 1. The largest absolute Gasteiger partial charge is 0.378 e. The molecule has 0 bridgehead atoms. The van der Waals surface area contributed by atoms with Crippen LogP contribution in [-0.4, -0.2) is 40.4 Å². The van der Waals surface area contributed by atoms with Crippen LogP contribution in [0.1, 0.15) is 44.6 Å². The van der Waals surface area contributed by atoms with E-state index in [2.05, 4.69) is 51.1 Å². The normalized spacial score (nSPS) is 17.1. The molecule has 1 aliphatic heterocycles. The van der Waals surface area contributed by atoms with E-state index in [0.717, 1.165) is 48.5 Å². The highest BCUT2D eigenvalue weighted by molar-refractivity contribution is 5.87. The van der Waals surface area contributed by atoms with Gasteiger partial charge in [-0.3, -0.25) is 4.79 Å². The molecule has 6 nitrogen and oxygen atoms in total. The maximum absolute atomic E-state index is 12.6. The summed E-state index contributed by atoms with van der Waals surface area (Å²) in [6, 6.07) is 10.4. The molecule has 152 valence electrons. The van der Waals surface area contributed by atoms with E-state index in [1.807, 2.05) is 24.4 Å². The molecule has 1 unspecified atom stereocenters. The zero-order valence-corrected chi connectivity index (χ0v) is 17.2. The SMILES string of the molecule is CC(C)c1cccc(NCC(=O)CC2CCCN(c3ncnc4[nH]ccc34)C2)c1. The third-order valence-corrected chi connectivity index (χ3v) is 5.71. The van der Waals surface area contributed by atoms with E-state index in [1.54, 1.807) is 6.33 Å². The van der Waals surface area contributed by atoms with E-state index in [0.29, 0.717) is 24.8 Å². The van der Waals surface area contributed by atoms with E-state index in [-0.39, 0.29) is 5.78 Å². The Hall–Kier alpha value is -2.89. The van der Waals surface area contributed by atoms with Crippen molar-refractivity contribution in [2.75, 3.05) is 29.9 Å². The quantitative estimate of drug-likeness (QED) is 0.626. The van der Waals surface area contributed by atoms with Crippen molar-refractivity contribution in [3.63, 3.8) is 0 Å². The van der Waals surface area contributed by atoms with Gasteiger partial charge in [-0.15, -0.1) is 0 Å². The molecule has 1 atom stereocenters. The van der Waals surface area contributed by atoms with Gasteiger partial charge in [-0.2, -0.15) is 0 Å². The Balaban J connectivity index is 1.34. The summed E-state index contributed by atoms with van der Waals surface area (Å²) in [5.74, 6) is 2.08. The smallest absolute Gasteiger partial charge is 0.152 e. The third kappa shape index (κ3) is 4.58. The number of carbonyl (C=O) groups excluding carboxylic acids is 1. The fraction of sp³-hybridized carbons (Fsp3) is 0.435. The second kappa shape index (κ2) is 8.64. The number of nitrogens with zero attached hydrogens (tertiary/aromatic N) is 3. The molecule has 1 aromatic carbocycles. The Morgan fingerprint density at radius 1 is 1.31 bits per heavy atom. The van der Waals surface area contributed by atoms with E-state index in [9.17, 15) is 4.79 Å². The van der Waals surface area contributed by atoms with Crippen molar-refractivity contribution in [1.82, 2.24) is 15.0 Å². The van der Waals surface area contributed by atoms with Gasteiger partial charge in [0.15, 0.2) is 5.78 Å². The van der Waals surface area contributed by atoms with Crippen molar-refractivity contribution < 1.29 is 4.79 Å². The number of benzene rings is 1. The van der Waals surface area contributed by atoms with E-state index < -0.39 is 0 Å². The lowest BCUT2D eigenvalue weighted by Crippen LogP contribution is -2.37. The topological polar surface area (TPSA) is 73.9 Å². The second-order valence-electron chi connectivity index (χ2n) is 8.27. The zero-order valence-electron chi connectivity index (χ0n) is 17.2. The van der Waals surface area contributed by atoms with Crippen LogP contribution in [0, 0.1) is 5.92 Å². The number of piperidine rings is 1. The van der Waals surface area contributed by atoms with Crippen LogP contribution in [-0.2, 0) is 4.79 Å². The maximum atomic E-state index is 12.6. The summed E-state index contributed by atoms with van der Waals surface area (Å²) in [4.78, 5) is 26.8. The fourth-order valence-corrected chi connectivity index (χ4v) is 4.14. The molecule has 1 saturated heterocycles. The second-order valence-corrected chi connectivity index (χ2v) is 8.27. The van der Waals surface area contributed by atoms with Crippen LogP contribution in [0.25, 0.3) is 11.0 Å². The van der Waals surface area contributed by atoms with E-state index >= 15 is 0 Å². The van der Waals surface area contributed by atoms with Gasteiger partial charge < -0.3 is 15.2 Å². The Morgan fingerprint density at radius 2 is 2.21 bits per heavy atom. The molecule has 0 radical (unpaired) electrons. The summed E-state index contributed by atoms with van der Waals surface area (Å²) in [6.07, 6.45) is 6.28. The van der Waals surface area contributed by atoms with Gasteiger partial charge in [-0.05, 0) is 48.4 Å². The Labute approximate surface area is 171 Å². The monoisotopic (exact) mass is 391 g/mol. The molecule has 0 aliphatic carbocycles. The molecular formula is C23H29N5O. The van der Waals surface area contributed by atoms with Gasteiger partial charge in [0.05, 0.1) is 11.9 Å². The minimum atomic E-state index is 0.265. The van der Waals surface area contributed by atoms with Gasteiger partial charge in [0, 0.05) is 31.4 Å². The first-order chi connectivity index (χ1) is 14.1. The number of nitrogens with one attached hydrogen (secondary N) is 2. The number of Topliss-reactive ketones (excluding diaryl/α,β-unsaturated/α-hetero) is 1. The van der Waals surface area contributed by atoms with Crippen molar-refractivity contribution in [3.8, 4) is 0 Å². The summed E-state index contributed by atoms with van der Waals surface area (Å²) in [5, 5.41) is 4.35. The molecule has 0 saturated carbocycles. The lowest BCUT2D eigenvalue weighted by atomic mass is 9.92. The molecule has 6 heteroatoms. The molecule has 3 aromatic rings. The zero-order chi connectivity index (χ0) is 20.2. The highest BCUT2D eigenvalue weighted by Gasteiger charge is 2.24. The lowest BCUT2D eigenvalue weighted by Gasteiger charge is -2.33. The van der Waals surface area contributed by atoms with Crippen molar-refractivity contribution in [2.24, 2.45) is 5.92 Å². The van der Waals surface area contributed by atoms with E-state index in [1.165, 1.54) is 5.56 Å². The van der Waals surface area contributed by atoms with Gasteiger partial charge in [-0.25, -0.2) is 9.97 Å². The number of hydrogen-bond acceptors (Lipinski definition) is 5. The summed E-state index contributed by atoms with van der Waals surface area (Å²) >= 11 is 0. The van der Waals surface area contributed by atoms with Gasteiger partial charge in [-0.1, -0.05) is 26.0 Å². The molecule has 0 amide bonds. The van der Waals surface area contributed by atoms with Crippen LogP contribution in [0.5, 0.6) is 0 Å². The average molecular weight is 392 g/mol. The Morgan fingerprint density at radius 3 is 3.07 bits per heavy atom. The van der Waals surface area contributed by atoms with Gasteiger partial charge in [0.25, 0.3) is 0 Å². The molecule has 2 N–H and O–H groups in total. The Kier molecular flexibility index (Phi) is 5.79. The summed E-state index contributed by atoms with van der Waals surface area (Å²) in [6.45, 7) is 6.58. The molecule has 3 heterocycles. The van der Waals surface area contributed by atoms with Gasteiger partial charge >= 0.3 is 0 Å². The molecule has 0 spiro atoms. The Bertz CT molecular complexity index is 980. The molecule has 29 heavy (non-hydrogen) atoms. The van der Waals surface area contributed by atoms with Crippen LogP contribution < -0.4 is 10.2 Å². The van der Waals surface area contributed by atoms with Crippen molar-refractivity contribution in [1.29, 1.82) is 0 Å². The average Bonchev–Trinajstić information content (AvgIpc) is 3.21. The predicted octanol–water partition coefficient (Wildman–Crippen LogP) is 4.37. The molecular weight excluding hydrogens is 362 g/mol. The van der Waals surface area contributed by atoms with Crippen LogP contribution in [0.3, 0.4) is 0 Å². The fourth-order valence-electron chi connectivity index (χ4n) is 4.14. The molecule has 4 rings (SSSR count). The number of aromatic nitrogens is 3. The lowest BCUT2D eigenvalue weighted by molar-refractivity contribution is -0.118. The van der Waals surface area contributed by atoms with Gasteiger partial charge in [0.1, 0.15) is 17.8 Å². The summed E-state index contributed by atoms with van der Waals surface area (Å²) in [7, 11) is 0. The summed E-state index contributed by atoms with van der Waals surface area (Å²) in [5.41, 5.74) is 3.16.